The van der Waals surface area contributed by atoms with Crippen LogP contribution in [0.5, 0.6) is 0 Å². The Morgan fingerprint density at radius 1 is 1.32 bits per heavy atom. The number of urea groups is 1. The van der Waals surface area contributed by atoms with E-state index in [1.165, 1.54) is 0 Å². The van der Waals surface area contributed by atoms with Crippen molar-refractivity contribution >= 4 is 17.8 Å². The number of nitrogens with one attached hydrogen (secondary N) is 1. The SMILES string of the molecule is N#Cc1cccc(N2CCN(C(=O)NCCC(=O)O)CC2)n1. The number of carbonyl (C=O) groups is 2. The smallest absolute Gasteiger partial charge is 0.317 e. The van der Waals surface area contributed by atoms with Gasteiger partial charge in [0.25, 0.3) is 0 Å². The maximum absolute atomic E-state index is 11.9. The summed E-state index contributed by atoms with van der Waals surface area (Å²) < 4.78 is 0. The standard InChI is InChI=1S/C14H17N5O3/c15-10-11-2-1-3-12(17-11)18-6-8-19(9-7-18)14(22)16-5-4-13(20)21/h1-3H,4-9H2,(H,16,22)(H,20,21). The zero-order valence-corrected chi connectivity index (χ0v) is 12.0. The minimum atomic E-state index is -0.937. The maximum Gasteiger partial charge on any atom is 0.317 e. The van der Waals surface area contributed by atoms with Crippen molar-refractivity contribution in [3.63, 3.8) is 0 Å². The normalized spacial score (nSPS) is 14.3. The highest BCUT2D eigenvalue weighted by molar-refractivity contribution is 5.75. The second-order valence-corrected chi connectivity index (χ2v) is 4.84. The molecule has 0 unspecified atom stereocenters. The zero-order valence-electron chi connectivity index (χ0n) is 12.0. The average molecular weight is 303 g/mol. The number of rotatable bonds is 4. The largest absolute Gasteiger partial charge is 0.481 e. The van der Waals surface area contributed by atoms with Gasteiger partial charge in [0.2, 0.25) is 0 Å². The van der Waals surface area contributed by atoms with E-state index < -0.39 is 5.97 Å². The summed E-state index contributed by atoms with van der Waals surface area (Å²) in [5.74, 6) is -0.210. The van der Waals surface area contributed by atoms with Crippen LogP contribution >= 0.6 is 0 Å². The minimum absolute atomic E-state index is 0.0867. The number of anilines is 1. The van der Waals surface area contributed by atoms with Gasteiger partial charge >= 0.3 is 12.0 Å². The number of carboxylic acids is 1. The number of carboxylic acid groups (broad SMARTS) is 1. The van der Waals surface area contributed by atoms with Crippen LogP contribution in [0.15, 0.2) is 18.2 Å². The summed E-state index contributed by atoms with van der Waals surface area (Å²) in [7, 11) is 0. The predicted octanol–water partition coefficient (Wildman–Crippen LogP) is 0.260. The van der Waals surface area contributed by atoms with Gasteiger partial charge in [-0.2, -0.15) is 5.26 Å². The van der Waals surface area contributed by atoms with Crippen molar-refractivity contribution in [2.24, 2.45) is 0 Å². The van der Waals surface area contributed by atoms with Crippen LogP contribution in [0.25, 0.3) is 0 Å². The molecule has 2 N–H and O–H groups in total. The molecule has 1 aromatic heterocycles. The molecule has 0 bridgehead atoms. The van der Waals surface area contributed by atoms with E-state index in [0.29, 0.717) is 31.9 Å². The van der Waals surface area contributed by atoms with Crippen molar-refractivity contribution in [2.75, 3.05) is 37.6 Å². The lowest BCUT2D eigenvalue weighted by molar-refractivity contribution is -0.136. The summed E-state index contributed by atoms with van der Waals surface area (Å²) in [6.45, 7) is 2.41. The summed E-state index contributed by atoms with van der Waals surface area (Å²) in [5.41, 5.74) is 0.367. The van der Waals surface area contributed by atoms with Crippen LogP contribution in [-0.2, 0) is 4.79 Å². The van der Waals surface area contributed by atoms with E-state index in [4.69, 9.17) is 10.4 Å². The van der Waals surface area contributed by atoms with Gasteiger partial charge in [-0.05, 0) is 12.1 Å². The first-order valence-electron chi connectivity index (χ1n) is 6.97. The molecule has 0 saturated carbocycles. The van der Waals surface area contributed by atoms with Crippen molar-refractivity contribution in [3.05, 3.63) is 23.9 Å². The van der Waals surface area contributed by atoms with Crippen molar-refractivity contribution < 1.29 is 14.7 Å². The molecule has 8 nitrogen and oxygen atoms in total. The Morgan fingerprint density at radius 2 is 2.05 bits per heavy atom. The highest BCUT2D eigenvalue weighted by atomic mass is 16.4. The summed E-state index contributed by atoms with van der Waals surface area (Å²) in [4.78, 5) is 30.2. The Morgan fingerprint density at radius 3 is 2.68 bits per heavy atom. The lowest BCUT2D eigenvalue weighted by atomic mass is 10.3. The summed E-state index contributed by atoms with van der Waals surface area (Å²) in [6.07, 6.45) is -0.0867. The first-order chi connectivity index (χ1) is 10.6. The first kappa shape index (κ1) is 15.6. The number of hydrogen-bond donors (Lipinski definition) is 2. The second kappa shape index (κ2) is 7.26. The molecule has 8 heteroatoms. The number of piperazine rings is 1. The molecule has 0 aliphatic carbocycles. The monoisotopic (exact) mass is 303 g/mol. The fourth-order valence-electron chi connectivity index (χ4n) is 2.19. The molecule has 0 aromatic carbocycles. The van der Waals surface area contributed by atoms with Gasteiger partial charge in [0.1, 0.15) is 17.6 Å². The predicted molar refractivity (Wildman–Crippen MR) is 78.4 cm³/mol. The molecule has 22 heavy (non-hydrogen) atoms. The van der Waals surface area contributed by atoms with Gasteiger partial charge in [-0.15, -0.1) is 0 Å². The van der Waals surface area contributed by atoms with Crippen LogP contribution in [-0.4, -0.2) is 59.7 Å². The van der Waals surface area contributed by atoms with Gasteiger partial charge in [-0.1, -0.05) is 6.07 Å². The maximum atomic E-state index is 11.9. The topological polar surface area (TPSA) is 110 Å². The Labute approximate surface area is 128 Å². The average Bonchev–Trinajstić information content (AvgIpc) is 2.54. The molecule has 0 radical (unpaired) electrons. The zero-order chi connectivity index (χ0) is 15.9. The molecule has 1 aliphatic heterocycles. The molecule has 1 aliphatic rings. The number of pyridine rings is 1. The van der Waals surface area contributed by atoms with E-state index in [2.05, 4.69) is 10.3 Å². The third-order valence-corrected chi connectivity index (χ3v) is 3.35. The number of carbonyl (C=O) groups excluding carboxylic acids is 1. The molecule has 0 spiro atoms. The van der Waals surface area contributed by atoms with E-state index >= 15 is 0 Å². The molecule has 2 amide bonds. The Bertz CT molecular complexity index is 590. The van der Waals surface area contributed by atoms with E-state index in [0.717, 1.165) is 5.82 Å². The van der Waals surface area contributed by atoms with E-state index in [9.17, 15) is 9.59 Å². The van der Waals surface area contributed by atoms with Crippen molar-refractivity contribution in [2.45, 2.75) is 6.42 Å². The molecule has 1 fully saturated rings. The van der Waals surface area contributed by atoms with Crippen LogP contribution in [0, 0.1) is 11.3 Å². The van der Waals surface area contributed by atoms with Gasteiger partial charge < -0.3 is 20.2 Å². The van der Waals surface area contributed by atoms with E-state index in [1.54, 1.807) is 17.0 Å². The Balaban J connectivity index is 1.83. The molecular formula is C14H17N5O3. The van der Waals surface area contributed by atoms with Gasteiger partial charge in [-0.25, -0.2) is 9.78 Å². The fraction of sp³-hybridized carbons (Fsp3) is 0.429. The number of aromatic nitrogens is 1. The molecule has 1 saturated heterocycles. The van der Waals surface area contributed by atoms with Crippen LogP contribution in [0.1, 0.15) is 12.1 Å². The van der Waals surface area contributed by atoms with Crippen LogP contribution < -0.4 is 10.2 Å². The third kappa shape index (κ3) is 4.09. The number of aliphatic carboxylic acids is 1. The molecule has 2 heterocycles. The highest BCUT2D eigenvalue weighted by Crippen LogP contribution is 2.14. The highest BCUT2D eigenvalue weighted by Gasteiger charge is 2.21. The number of amides is 2. The van der Waals surface area contributed by atoms with Gasteiger partial charge in [0.15, 0.2) is 0 Å². The Hall–Kier alpha value is -2.82. The van der Waals surface area contributed by atoms with E-state index in [-0.39, 0.29) is 19.0 Å². The number of nitriles is 1. The molecular weight excluding hydrogens is 286 g/mol. The molecule has 1 aromatic rings. The van der Waals surface area contributed by atoms with E-state index in [1.807, 2.05) is 17.0 Å². The molecule has 116 valence electrons. The third-order valence-electron chi connectivity index (χ3n) is 3.35. The summed E-state index contributed by atoms with van der Waals surface area (Å²) in [6, 6.07) is 7.02. The molecule has 2 rings (SSSR count). The van der Waals surface area contributed by atoms with Crippen LogP contribution in [0.2, 0.25) is 0 Å². The van der Waals surface area contributed by atoms with Gasteiger partial charge in [0, 0.05) is 32.7 Å². The van der Waals surface area contributed by atoms with Gasteiger partial charge in [0.05, 0.1) is 6.42 Å². The number of hydrogen-bond acceptors (Lipinski definition) is 5. The van der Waals surface area contributed by atoms with Crippen molar-refractivity contribution in [1.82, 2.24) is 15.2 Å². The quantitative estimate of drug-likeness (QED) is 0.825. The lowest BCUT2D eigenvalue weighted by Crippen LogP contribution is -2.52. The number of nitrogens with zero attached hydrogens (tertiary/aromatic N) is 4. The summed E-state index contributed by atoms with van der Waals surface area (Å²) >= 11 is 0. The summed E-state index contributed by atoms with van der Waals surface area (Å²) in [5, 5.41) is 20.0. The minimum Gasteiger partial charge on any atom is -0.481 e. The van der Waals surface area contributed by atoms with Crippen LogP contribution in [0.4, 0.5) is 10.6 Å². The Kier molecular flexibility index (Phi) is 5.14. The van der Waals surface area contributed by atoms with Crippen LogP contribution in [0.3, 0.4) is 0 Å². The second-order valence-electron chi connectivity index (χ2n) is 4.84. The van der Waals surface area contributed by atoms with Crippen molar-refractivity contribution in [3.8, 4) is 6.07 Å². The van der Waals surface area contributed by atoms with Crippen molar-refractivity contribution in [1.29, 1.82) is 5.26 Å². The first-order valence-corrected chi connectivity index (χ1v) is 6.97. The van der Waals surface area contributed by atoms with Gasteiger partial charge in [-0.3, -0.25) is 4.79 Å². The fourth-order valence-corrected chi connectivity index (χ4v) is 2.19. The lowest BCUT2D eigenvalue weighted by Gasteiger charge is -2.35. The molecule has 0 atom stereocenters.